The third kappa shape index (κ3) is 1.55. The molecule has 2 heteroatoms. The van der Waals surface area contributed by atoms with E-state index >= 15 is 0 Å². The minimum absolute atomic E-state index is 0.266. The molecule has 0 unspecified atom stereocenters. The summed E-state index contributed by atoms with van der Waals surface area (Å²) in [5, 5.41) is 5.67. The summed E-state index contributed by atoms with van der Waals surface area (Å²) in [6, 6.07) is 18.4. The molecule has 1 heterocycles. The predicted molar refractivity (Wildman–Crippen MR) is 82.2 cm³/mol. The van der Waals surface area contributed by atoms with Crippen molar-refractivity contribution in [1.29, 1.82) is 0 Å². The van der Waals surface area contributed by atoms with Crippen LogP contribution in [0.15, 0.2) is 63.8 Å². The van der Waals surface area contributed by atoms with Crippen LogP contribution in [-0.2, 0) is 0 Å². The summed E-state index contributed by atoms with van der Waals surface area (Å²) in [6.45, 7) is 1.78. The van der Waals surface area contributed by atoms with Gasteiger partial charge in [-0.15, -0.1) is 0 Å². The molecule has 0 spiro atoms. The van der Waals surface area contributed by atoms with Crippen LogP contribution in [-0.4, -0.2) is 0 Å². The van der Waals surface area contributed by atoms with E-state index in [9.17, 15) is 4.79 Å². The van der Waals surface area contributed by atoms with Gasteiger partial charge in [0.15, 0.2) is 0 Å². The van der Waals surface area contributed by atoms with E-state index in [2.05, 4.69) is 24.3 Å². The first-order valence-electron chi connectivity index (χ1n) is 6.58. The van der Waals surface area contributed by atoms with E-state index in [1.54, 1.807) is 6.92 Å². The lowest BCUT2D eigenvalue weighted by Crippen LogP contribution is -2.01. The van der Waals surface area contributed by atoms with Crippen LogP contribution in [0.2, 0.25) is 0 Å². The van der Waals surface area contributed by atoms with E-state index in [4.69, 9.17) is 4.42 Å². The summed E-state index contributed by atoms with van der Waals surface area (Å²) < 4.78 is 5.36. The maximum atomic E-state index is 11.6. The fourth-order valence-corrected chi connectivity index (χ4v) is 2.71. The molecule has 0 N–H and O–H groups in total. The molecule has 4 aromatic rings. The highest BCUT2D eigenvalue weighted by Crippen LogP contribution is 2.29. The molecule has 0 bridgehead atoms. The zero-order chi connectivity index (χ0) is 13.7. The summed E-state index contributed by atoms with van der Waals surface area (Å²) in [6.07, 6.45) is 0. The van der Waals surface area contributed by atoms with E-state index in [0.717, 1.165) is 16.2 Å². The fraction of sp³-hybridized carbons (Fsp3) is 0.0556. The first-order valence-corrected chi connectivity index (χ1v) is 6.58. The van der Waals surface area contributed by atoms with E-state index < -0.39 is 0 Å². The average Bonchev–Trinajstić information content (AvgIpc) is 2.47. The van der Waals surface area contributed by atoms with Crippen molar-refractivity contribution in [3.63, 3.8) is 0 Å². The van der Waals surface area contributed by atoms with Gasteiger partial charge in [-0.2, -0.15) is 0 Å². The molecule has 3 aromatic carbocycles. The van der Waals surface area contributed by atoms with Crippen molar-refractivity contribution in [2.45, 2.75) is 6.92 Å². The minimum atomic E-state index is -0.266. The van der Waals surface area contributed by atoms with E-state index in [1.165, 1.54) is 10.8 Å². The van der Waals surface area contributed by atoms with Crippen LogP contribution in [0.3, 0.4) is 0 Å². The van der Waals surface area contributed by atoms with Crippen molar-refractivity contribution in [2.24, 2.45) is 0 Å². The zero-order valence-corrected chi connectivity index (χ0v) is 11.0. The molecule has 0 saturated heterocycles. The van der Waals surface area contributed by atoms with E-state index in [-0.39, 0.29) is 5.63 Å². The Balaban J connectivity index is 2.25. The predicted octanol–water partition coefficient (Wildman–Crippen LogP) is 4.41. The molecule has 0 fully saturated rings. The summed E-state index contributed by atoms with van der Waals surface area (Å²) >= 11 is 0. The summed E-state index contributed by atoms with van der Waals surface area (Å²) in [7, 11) is 0. The Morgan fingerprint density at radius 2 is 1.55 bits per heavy atom. The normalized spacial score (nSPS) is 11.4. The second kappa shape index (κ2) is 3.94. The molecule has 0 aliphatic rings. The Hall–Kier alpha value is -2.61. The van der Waals surface area contributed by atoms with Crippen molar-refractivity contribution in [3.8, 4) is 0 Å². The molecule has 0 atom stereocenters. The third-order valence-corrected chi connectivity index (χ3v) is 3.77. The van der Waals surface area contributed by atoms with Crippen LogP contribution < -0.4 is 5.63 Å². The van der Waals surface area contributed by atoms with Crippen molar-refractivity contribution in [2.75, 3.05) is 0 Å². The number of benzene rings is 3. The zero-order valence-electron chi connectivity index (χ0n) is 11.0. The summed E-state index contributed by atoms with van der Waals surface area (Å²) in [5.74, 6) is 0. The van der Waals surface area contributed by atoms with Crippen LogP contribution in [0.1, 0.15) is 5.56 Å². The Labute approximate surface area is 115 Å². The monoisotopic (exact) mass is 260 g/mol. The van der Waals surface area contributed by atoms with Crippen LogP contribution in [0.4, 0.5) is 0 Å². The van der Waals surface area contributed by atoms with Gasteiger partial charge in [-0.3, -0.25) is 0 Å². The average molecular weight is 260 g/mol. The van der Waals surface area contributed by atoms with Crippen LogP contribution >= 0.6 is 0 Å². The van der Waals surface area contributed by atoms with E-state index in [0.29, 0.717) is 11.1 Å². The molecule has 0 saturated carbocycles. The first-order chi connectivity index (χ1) is 9.72. The molecule has 0 aliphatic heterocycles. The topological polar surface area (TPSA) is 30.2 Å². The Morgan fingerprint density at radius 3 is 2.35 bits per heavy atom. The van der Waals surface area contributed by atoms with Crippen molar-refractivity contribution in [1.82, 2.24) is 0 Å². The molecule has 96 valence electrons. The highest BCUT2D eigenvalue weighted by molar-refractivity contribution is 6.10. The molecule has 20 heavy (non-hydrogen) atoms. The van der Waals surface area contributed by atoms with Gasteiger partial charge in [-0.1, -0.05) is 30.3 Å². The van der Waals surface area contributed by atoms with Crippen molar-refractivity contribution < 1.29 is 4.42 Å². The highest BCUT2D eigenvalue weighted by Gasteiger charge is 2.06. The van der Waals surface area contributed by atoms with Crippen LogP contribution in [0.25, 0.3) is 32.5 Å². The second-order valence-corrected chi connectivity index (χ2v) is 5.11. The van der Waals surface area contributed by atoms with Crippen molar-refractivity contribution in [3.05, 3.63) is 70.6 Å². The Kier molecular flexibility index (Phi) is 2.21. The van der Waals surface area contributed by atoms with Gasteiger partial charge in [0.1, 0.15) is 5.58 Å². The molecule has 0 amide bonds. The lowest BCUT2D eigenvalue weighted by atomic mass is 10.0. The number of fused-ring (bicyclic) bond motifs is 4. The molecule has 1 aromatic heterocycles. The summed E-state index contributed by atoms with van der Waals surface area (Å²) in [5.41, 5.74) is 1.01. The van der Waals surface area contributed by atoms with Gasteiger partial charge in [0.2, 0.25) is 0 Å². The van der Waals surface area contributed by atoms with Gasteiger partial charge in [0, 0.05) is 10.9 Å². The Bertz CT molecular complexity index is 1030. The van der Waals surface area contributed by atoms with Gasteiger partial charge < -0.3 is 4.42 Å². The van der Waals surface area contributed by atoms with Crippen LogP contribution in [0, 0.1) is 6.92 Å². The molecule has 0 aliphatic carbocycles. The van der Waals surface area contributed by atoms with Crippen LogP contribution in [0.5, 0.6) is 0 Å². The molecule has 0 radical (unpaired) electrons. The summed E-state index contributed by atoms with van der Waals surface area (Å²) in [4.78, 5) is 11.6. The number of aryl methyl sites for hydroxylation is 1. The maximum absolute atomic E-state index is 11.6. The standard InChI is InChI=1S/C18H12O2/c1-11-8-16-15-10-13-5-3-2-4-12(13)9-14(15)6-7-17(16)20-18(11)19/h2-10H,1H3. The lowest BCUT2D eigenvalue weighted by Gasteiger charge is -2.06. The second-order valence-electron chi connectivity index (χ2n) is 5.11. The highest BCUT2D eigenvalue weighted by atomic mass is 16.4. The van der Waals surface area contributed by atoms with Gasteiger partial charge in [-0.25, -0.2) is 4.79 Å². The Morgan fingerprint density at radius 1 is 0.800 bits per heavy atom. The van der Waals surface area contributed by atoms with E-state index in [1.807, 2.05) is 30.3 Å². The number of hydrogen-bond donors (Lipinski definition) is 0. The third-order valence-electron chi connectivity index (χ3n) is 3.77. The molecular formula is C18H12O2. The molecule has 4 rings (SSSR count). The number of rotatable bonds is 0. The molecular weight excluding hydrogens is 248 g/mol. The van der Waals surface area contributed by atoms with Gasteiger partial charge in [-0.05, 0) is 52.7 Å². The minimum Gasteiger partial charge on any atom is -0.423 e. The lowest BCUT2D eigenvalue weighted by molar-refractivity contribution is 0.555. The smallest absolute Gasteiger partial charge is 0.339 e. The fourth-order valence-electron chi connectivity index (χ4n) is 2.71. The van der Waals surface area contributed by atoms with Gasteiger partial charge >= 0.3 is 5.63 Å². The quantitative estimate of drug-likeness (QED) is 0.266. The maximum Gasteiger partial charge on any atom is 0.339 e. The largest absolute Gasteiger partial charge is 0.423 e. The SMILES string of the molecule is Cc1cc2c(ccc3cc4ccccc4cc32)oc1=O. The molecule has 2 nitrogen and oxygen atoms in total. The van der Waals surface area contributed by atoms with Crippen molar-refractivity contribution >= 4 is 32.5 Å². The van der Waals surface area contributed by atoms with Gasteiger partial charge in [0.25, 0.3) is 0 Å². The number of hydrogen-bond acceptors (Lipinski definition) is 2. The first kappa shape index (κ1) is 11.2. The van der Waals surface area contributed by atoms with Gasteiger partial charge in [0.05, 0.1) is 0 Å².